The zero-order valence-corrected chi connectivity index (χ0v) is 19.2. The zero-order valence-electron chi connectivity index (χ0n) is 19.2. The SMILES string of the molecule is CC1C=C(N(C)C2CCCCC2)C=C(NC(=O)N(C)C2=NCc3ccccc3NC2=O)C1. The summed E-state index contributed by atoms with van der Waals surface area (Å²) in [6, 6.07) is 7.75. The van der Waals surface area contributed by atoms with Crippen LogP contribution in [0.5, 0.6) is 0 Å². The van der Waals surface area contributed by atoms with Gasteiger partial charge in [-0.3, -0.25) is 14.7 Å². The number of allylic oxidation sites excluding steroid dienone is 3. The smallest absolute Gasteiger partial charge is 0.327 e. The zero-order chi connectivity index (χ0) is 22.7. The number of benzene rings is 1. The number of likely N-dealkylation sites (N-methyl/N-ethyl adjacent to an activating group) is 2. The summed E-state index contributed by atoms with van der Waals surface area (Å²) in [7, 11) is 3.74. The first-order valence-electron chi connectivity index (χ1n) is 11.6. The molecule has 1 aliphatic heterocycles. The Hall–Kier alpha value is -3.09. The van der Waals surface area contributed by atoms with Gasteiger partial charge in [-0.2, -0.15) is 0 Å². The second-order valence-electron chi connectivity index (χ2n) is 9.09. The molecule has 0 aromatic heterocycles. The van der Waals surface area contributed by atoms with Gasteiger partial charge in [-0.05, 0) is 42.9 Å². The first kappa shape index (κ1) is 22.1. The minimum Gasteiger partial charge on any atom is -0.372 e. The van der Waals surface area contributed by atoms with Crippen molar-refractivity contribution in [1.29, 1.82) is 0 Å². The highest BCUT2D eigenvalue weighted by Crippen LogP contribution is 2.29. The monoisotopic (exact) mass is 435 g/mol. The molecule has 1 aromatic carbocycles. The average Bonchev–Trinajstić information content (AvgIpc) is 2.96. The lowest BCUT2D eigenvalue weighted by Crippen LogP contribution is -2.46. The third kappa shape index (κ3) is 4.87. The largest absolute Gasteiger partial charge is 0.372 e. The average molecular weight is 436 g/mol. The number of hydrogen-bond donors (Lipinski definition) is 2. The molecule has 0 radical (unpaired) electrons. The first-order chi connectivity index (χ1) is 15.4. The summed E-state index contributed by atoms with van der Waals surface area (Å²) in [4.78, 5) is 33.8. The van der Waals surface area contributed by atoms with Gasteiger partial charge >= 0.3 is 6.03 Å². The molecule has 3 aliphatic rings. The number of amides is 3. The van der Waals surface area contributed by atoms with E-state index in [1.807, 2.05) is 24.3 Å². The summed E-state index contributed by atoms with van der Waals surface area (Å²) < 4.78 is 0. The maximum atomic E-state index is 13.0. The molecule has 0 saturated heterocycles. The summed E-state index contributed by atoms with van der Waals surface area (Å²) in [6.07, 6.45) is 11.4. The highest BCUT2D eigenvalue weighted by atomic mass is 16.2. The quantitative estimate of drug-likeness (QED) is 0.745. The first-order valence-corrected chi connectivity index (χ1v) is 11.6. The van der Waals surface area contributed by atoms with E-state index in [1.54, 1.807) is 7.05 Å². The number of hydrogen-bond acceptors (Lipinski definition) is 4. The van der Waals surface area contributed by atoms with Gasteiger partial charge in [0.2, 0.25) is 0 Å². The van der Waals surface area contributed by atoms with E-state index in [0.29, 0.717) is 18.5 Å². The molecular weight excluding hydrogens is 402 g/mol. The molecule has 2 N–H and O–H groups in total. The van der Waals surface area contributed by atoms with Gasteiger partial charge in [0.15, 0.2) is 5.84 Å². The second-order valence-corrected chi connectivity index (χ2v) is 9.09. The normalized spacial score (nSPS) is 21.3. The third-order valence-corrected chi connectivity index (χ3v) is 6.61. The standard InChI is InChI=1S/C25H33N5O2/c1-17-13-19(15-21(14-17)29(2)20-10-5-4-6-11-20)27-25(32)30(3)23-24(31)28-22-12-8-7-9-18(22)16-26-23/h7-9,12,14-15,17,20H,4-6,10-11,13,16H2,1-3H3,(H,27,32)(H,28,31). The van der Waals surface area contributed by atoms with E-state index in [9.17, 15) is 9.59 Å². The molecule has 3 amide bonds. The highest BCUT2D eigenvalue weighted by Gasteiger charge is 2.27. The van der Waals surface area contributed by atoms with E-state index in [2.05, 4.69) is 46.6 Å². The minimum atomic E-state index is -0.379. The predicted octanol–water partition coefficient (Wildman–Crippen LogP) is 4.25. The van der Waals surface area contributed by atoms with Gasteiger partial charge in [0.25, 0.3) is 5.91 Å². The van der Waals surface area contributed by atoms with Crippen molar-refractivity contribution in [3.63, 3.8) is 0 Å². The number of nitrogens with one attached hydrogen (secondary N) is 2. The summed E-state index contributed by atoms with van der Waals surface area (Å²) >= 11 is 0. The van der Waals surface area contributed by atoms with Crippen LogP contribution >= 0.6 is 0 Å². The topological polar surface area (TPSA) is 77.0 Å². The fourth-order valence-electron chi connectivity index (χ4n) is 4.73. The molecule has 0 bridgehead atoms. The van der Waals surface area contributed by atoms with E-state index < -0.39 is 0 Å². The van der Waals surface area contributed by atoms with Crippen molar-refractivity contribution in [3.8, 4) is 0 Å². The Morgan fingerprint density at radius 3 is 2.69 bits per heavy atom. The van der Waals surface area contributed by atoms with Crippen molar-refractivity contribution in [3.05, 3.63) is 53.4 Å². The molecule has 4 rings (SSSR count). The number of carbonyl (C=O) groups is 2. The lowest BCUT2D eigenvalue weighted by molar-refractivity contribution is -0.110. The molecule has 1 unspecified atom stereocenters. The summed E-state index contributed by atoms with van der Waals surface area (Å²) in [6.45, 7) is 2.51. The van der Waals surface area contributed by atoms with Crippen LogP contribution in [0.25, 0.3) is 0 Å². The van der Waals surface area contributed by atoms with Crippen molar-refractivity contribution in [1.82, 2.24) is 15.1 Å². The molecule has 7 nitrogen and oxygen atoms in total. The van der Waals surface area contributed by atoms with Crippen LogP contribution in [0.4, 0.5) is 10.5 Å². The van der Waals surface area contributed by atoms with Gasteiger partial charge in [-0.15, -0.1) is 0 Å². The third-order valence-electron chi connectivity index (χ3n) is 6.61. The van der Waals surface area contributed by atoms with E-state index in [0.717, 1.165) is 29.1 Å². The van der Waals surface area contributed by atoms with Gasteiger partial charge < -0.3 is 15.5 Å². The molecule has 1 atom stereocenters. The van der Waals surface area contributed by atoms with Crippen LogP contribution in [0.2, 0.25) is 0 Å². The summed E-state index contributed by atoms with van der Waals surface area (Å²) in [5.41, 5.74) is 3.68. The molecule has 7 heteroatoms. The maximum absolute atomic E-state index is 13.0. The van der Waals surface area contributed by atoms with E-state index >= 15 is 0 Å². The van der Waals surface area contributed by atoms with E-state index in [4.69, 9.17) is 0 Å². The van der Waals surface area contributed by atoms with Crippen LogP contribution in [0.15, 0.2) is 52.8 Å². The van der Waals surface area contributed by atoms with Gasteiger partial charge in [0.1, 0.15) is 0 Å². The van der Waals surface area contributed by atoms with Crippen molar-refractivity contribution >= 4 is 23.5 Å². The summed E-state index contributed by atoms with van der Waals surface area (Å²) in [5.74, 6) is 0.0594. The highest BCUT2D eigenvalue weighted by molar-refractivity contribution is 6.44. The van der Waals surface area contributed by atoms with Gasteiger partial charge in [-0.1, -0.05) is 50.5 Å². The van der Waals surface area contributed by atoms with Crippen LogP contribution in [0, 0.1) is 5.92 Å². The number of nitrogens with zero attached hydrogens (tertiary/aromatic N) is 3. The molecule has 1 heterocycles. The Labute approximate surface area is 190 Å². The Balaban J connectivity index is 1.44. The van der Waals surface area contributed by atoms with Gasteiger partial charge in [-0.25, -0.2) is 4.79 Å². The van der Waals surface area contributed by atoms with Crippen molar-refractivity contribution in [2.24, 2.45) is 10.9 Å². The number of amidine groups is 1. The van der Waals surface area contributed by atoms with Crippen LogP contribution in [0.3, 0.4) is 0 Å². The number of urea groups is 1. The molecular formula is C25H33N5O2. The van der Waals surface area contributed by atoms with Crippen LogP contribution < -0.4 is 10.6 Å². The molecule has 32 heavy (non-hydrogen) atoms. The van der Waals surface area contributed by atoms with E-state index in [-0.39, 0.29) is 17.8 Å². The number of anilines is 1. The predicted molar refractivity (Wildman–Crippen MR) is 127 cm³/mol. The molecule has 1 saturated carbocycles. The number of fused-ring (bicyclic) bond motifs is 1. The van der Waals surface area contributed by atoms with Gasteiger partial charge in [0.05, 0.1) is 6.54 Å². The number of rotatable bonds is 3. The van der Waals surface area contributed by atoms with Gasteiger partial charge in [0, 0.05) is 37.2 Å². The molecule has 1 aromatic rings. The fraction of sp³-hybridized carbons (Fsp3) is 0.480. The summed E-state index contributed by atoms with van der Waals surface area (Å²) in [5, 5.41) is 5.87. The van der Waals surface area contributed by atoms with Crippen LogP contribution in [-0.2, 0) is 11.3 Å². The van der Waals surface area contributed by atoms with Crippen LogP contribution in [-0.4, -0.2) is 47.7 Å². The Morgan fingerprint density at radius 1 is 1.16 bits per heavy atom. The minimum absolute atomic E-state index is 0.109. The Morgan fingerprint density at radius 2 is 1.91 bits per heavy atom. The molecule has 0 spiro atoms. The van der Waals surface area contributed by atoms with Crippen molar-refractivity contribution in [2.75, 3.05) is 19.4 Å². The molecule has 2 aliphatic carbocycles. The lowest BCUT2D eigenvalue weighted by atomic mass is 9.92. The van der Waals surface area contributed by atoms with Crippen molar-refractivity contribution in [2.45, 2.75) is 58.0 Å². The number of aliphatic imine (C=N–C) groups is 1. The Kier molecular flexibility index (Phi) is 6.63. The van der Waals surface area contributed by atoms with Crippen molar-refractivity contribution < 1.29 is 9.59 Å². The second kappa shape index (κ2) is 9.59. The molecule has 1 fully saturated rings. The lowest BCUT2D eigenvalue weighted by Gasteiger charge is -2.35. The Bertz CT molecular complexity index is 974. The van der Waals surface area contributed by atoms with Crippen LogP contribution in [0.1, 0.15) is 51.0 Å². The molecule has 170 valence electrons. The number of para-hydroxylation sites is 1. The van der Waals surface area contributed by atoms with E-state index in [1.165, 1.54) is 37.0 Å². The number of carbonyl (C=O) groups excluding carboxylic acids is 2. The fourth-order valence-corrected chi connectivity index (χ4v) is 4.73. The maximum Gasteiger partial charge on any atom is 0.327 e.